The van der Waals surface area contributed by atoms with Crippen LogP contribution >= 0.6 is 0 Å². The third-order valence-electron chi connectivity index (χ3n) is 3.66. The second kappa shape index (κ2) is 4.49. The van der Waals surface area contributed by atoms with Gasteiger partial charge in [0.25, 0.3) is 0 Å². The van der Waals surface area contributed by atoms with Crippen molar-refractivity contribution >= 4 is 6.03 Å². The van der Waals surface area contributed by atoms with Crippen LogP contribution in [0.4, 0.5) is 4.79 Å². The van der Waals surface area contributed by atoms with E-state index in [1.807, 2.05) is 29.2 Å². The van der Waals surface area contributed by atoms with Gasteiger partial charge in [0.2, 0.25) is 0 Å². The molecule has 0 radical (unpaired) electrons. The minimum absolute atomic E-state index is 0.0438. The number of hydrogen-bond donors (Lipinski definition) is 2. The monoisotopic (exact) mass is 247 g/mol. The molecule has 5 nitrogen and oxygen atoms in total. The van der Waals surface area contributed by atoms with Gasteiger partial charge in [-0.15, -0.1) is 0 Å². The van der Waals surface area contributed by atoms with Crippen LogP contribution in [0.2, 0.25) is 0 Å². The van der Waals surface area contributed by atoms with E-state index in [1.54, 1.807) is 7.11 Å². The Bertz CT molecular complexity index is 442. The van der Waals surface area contributed by atoms with Gasteiger partial charge in [0, 0.05) is 19.6 Å². The molecule has 1 unspecified atom stereocenters. The number of carbonyl (C=O) groups excluding carboxylic acids is 1. The molecule has 2 aliphatic heterocycles. The normalized spacial score (nSPS) is 23.7. The zero-order chi connectivity index (χ0) is 12.5. The highest BCUT2D eigenvalue weighted by Gasteiger charge is 2.36. The maximum Gasteiger partial charge on any atom is 0.318 e. The zero-order valence-electron chi connectivity index (χ0n) is 10.3. The SMILES string of the molecule is COc1ccc(C2CN(C3CNC3)C(=O)N2)cc1. The number of ether oxygens (including phenoxy) is 1. The van der Waals surface area contributed by atoms with E-state index in [2.05, 4.69) is 10.6 Å². The van der Waals surface area contributed by atoms with Crippen molar-refractivity contribution in [3.63, 3.8) is 0 Å². The van der Waals surface area contributed by atoms with E-state index in [-0.39, 0.29) is 12.1 Å². The fraction of sp³-hybridized carbons (Fsp3) is 0.462. The number of carbonyl (C=O) groups is 1. The maximum absolute atomic E-state index is 11.9. The number of urea groups is 1. The van der Waals surface area contributed by atoms with Gasteiger partial charge < -0.3 is 20.3 Å². The van der Waals surface area contributed by atoms with Crippen molar-refractivity contribution in [2.45, 2.75) is 12.1 Å². The van der Waals surface area contributed by atoms with E-state index in [0.29, 0.717) is 6.04 Å². The molecule has 5 heteroatoms. The molecule has 2 heterocycles. The van der Waals surface area contributed by atoms with Crippen molar-refractivity contribution in [1.29, 1.82) is 0 Å². The Balaban J connectivity index is 1.71. The summed E-state index contributed by atoms with van der Waals surface area (Å²) in [5.74, 6) is 0.836. The molecule has 2 saturated heterocycles. The third kappa shape index (κ3) is 1.90. The van der Waals surface area contributed by atoms with Crippen LogP contribution in [0.3, 0.4) is 0 Å². The maximum atomic E-state index is 11.9. The Morgan fingerprint density at radius 2 is 2.00 bits per heavy atom. The first-order valence-electron chi connectivity index (χ1n) is 6.20. The summed E-state index contributed by atoms with van der Waals surface area (Å²) in [7, 11) is 1.65. The molecule has 18 heavy (non-hydrogen) atoms. The summed E-state index contributed by atoms with van der Waals surface area (Å²) in [6, 6.07) is 8.35. The molecular weight excluding hydrogens is 230 g/mol. The summed E-state index contributed by atoms with van der Waals surface area (Å²) < 4.78 is 5.13. The Morgan fingerprint density at radius 3 is 2.56 bits per heavy atom. The third-order valence-corrected chi connectivity index (χ3v) is 3.66. The average Bonchev–Trinajstić information content (AvgIpc) is 2.70. The Kier molecular flexibility index (Phi) is 2.83. The van der Waals surface area contributed by atoms with E-state index >= 15 is 0 Å². The molecule has 0 aromatic heterocycles. The van der Waals surface area contributed by atoms with E-state index in [9.17, 15) is 4.79 Å². The summed E-state index contributed by atoms with van der Waals surface area (Å²) in [5.41, 5.74) is 1.12. The van der Waals surface area contributed by atoms with Gasteiger partial charge in [0.1, 0.15) is 5.75 Å². The quantitative estimate of drug-likeness (QED) is 0.828. The molecule has 1 aromatic rings. The Hall–Kier alpha value is -1.75. The fourth-order valence-corrected chi connectivity index (χ4v) is 2.39. The van der Waals surface area contributed by atoms with Gasteiger partial charge in [-0.2, -0.15) is 0 Å². The minimum atomic E-state index is 0.0438. The molecule has 1 aromatic carbocycles. The van der Waals surface area contributed by atoms with Crippen LogP contribution in [-0.2, 0) is 0 Å². The van der Waals surface area contributed by atoms with Crippen LogP contribution in [0.25, 0.3) is 0 Å². The molecule has 2 N–H and O–H groups in total. The molecule has 2 fully saturated rings. The van der Waals surface area contributed by atoms with Gasteiger partial charge in [0.15, 0.2) is 0 Å². The summed E-state index contributed by atoms with van der Waals surface area (Å²) >= 11 is 0. The predicted octanol–water partition coefficient (Wildman–Crippen LogP) is 0.733. The number of benzene rings is 1. The number of nitrogens with zero attached hydrogens (tertiary/aromatic N) is 1. The number of hydrogen-bond acceptors (Lipinski definition) is 3. The lowest BCUT2D eigenvalue weighted by Crippen LogP contribution is -2.57. The van der Waals surface area contributed by atoms with E-state index in [4.69, 9.17) is 4.74 Å². The van der Waals surface area contributed by atoms with Gasteiger partial charge in [-0.3, -0.25) is 0 Å². The highest BCUT2D eigenvalue weighted by Crippen LogP contribution is 2.24. The molecule has 3 rings (SSSR count). The van der Waals surface area contributed by atoms with Crippen molar-refractivity contribution in [3.05, 3.63) is 29.8 Å². The fourth-order valence-electron chi connectivity index (χ4n) is 2.39. The topological polar surface area (TPSA) is 53.6 Å². The minimum Gasteiger partial charge on any atom is -0.497 e. The second-order valence-corrected chi connectivity index (χ2v) is 4.74. The van der Waals surface area contributed by atoms with Gasteiger partial charge in [-0.25, -0.2) is 4.79 Å². The van der Waals surface area contributed by atoms with Gasteiger partial charge >= 0.3 is 6.03 Å². The zero-order valence-corrected chi connectivity index (χ0v) is 10.3. The lowest BCUT2D eigenvalue weighted by atomic mass is 10.1. The highest BCUT2D eigenvalue weighted by atomic mass is 16.5. The van der Waals surface area contributed by atoms with Crippen molar-refractivity contribution in [3.8, 4) is 5.75 Å². The average molecular weight is 247 g/mol. The van der Waals surface area contributed by atoms with Crippen molar-refractivity contribution in [2.75, 3.05) is 26.7 Å². The summed E-state index contributed by atoms with van der Waals surface area (Å²) in [5, 5.41) is 6.22. The predicted molar refractivity (Wildman–Crippen MR) is 67.6 cm³/mol. The van der Waals surface area contributed by atoms with Crippen LogP contribution in [0.5, 0.6) is 5.75 Å². The molecule has 1 atom stereocenters. The van der Waals surface area contributed by atoms with Gasteiger partial charge in [0.05, 0.1) is 19.2 Å². The van der Waals surface area contributed by atoms with E-state index < -0.39 is 0 Å². The molecule has 0 saturated carbocycles. The summed E-state index contributed by atoms with van der Waals surface area (Å²) in [4.78, 5) is 13.8. The number of methoxy groups -OCH3 is 1. The molecule has 2 aliphatic rings. The largest absolute Gasteiger partial charge is 0.497 e. The van der Waals surface area contributed by atoms with Crippen molar-refractivity contribution < 1.29 is 9.53 Å². The Morgan fingerprint density at radius 1 is 1.28 bits per heavy atom. The summed E-state index contributed by atoms with van der Waals surface area (Å²) in [6.07, 6.45) is 0. The van der Waals surface area contributed by atoms with Gasteiger partial charge in [-0.1, -0.05) is 12.1 Å². The van der Waals surface area contributed by atoms with Gasteiger partial charge in [-0.05, 0) is 17.7 Å². The molecule has 0 spiro atoms. The van der Waals surface area contributed by atoms with Crippen LogP contribution in [0, 0.1) is 0 Å². The first-order valence-corrected chi connectivity index (χ1v) is 6.20. The number of nitrogens with one attached hydrogen (secondary N) is 2. The molecule has 2 amide bonds. The molecule has 96 valence electrons. The number of amides is 2. The van der Waals surface area contributed by atoms with Crippen LogP contribution in [0.1, 0.15) is 11.6 Å². The first kappa shape index (κ1) is 11.3. The summed E-state index contributed by atoms with van der Waals surface area (Å²) in [6.45, 7) is 2.56. The molecular formula is C13H17N3O2. The first-order chi connectivity index (χ1) is 8.78. The highest BCUT2D eigenvalue weighted by molar-refractivity contribution is 5.77. The van der Waals surface area contributed by atoms with Crippen molar-refractivity contribution in [1.82, 2.24) is 15.5 Å². The van der Waals surface area contributed by atoms with E-state index in [1.165, 1.54) is 0 Å². The van der Waals surface area contributed by atoms with Crippen LogP contribution < -0.4 is 15.4 Å². The molecule has 0 aliphatic carbocycles. The Labute approximate surface area is 106 Å². The number of rotatable bonds is 3. The lowest BCUT2D eigenvalue weighted by Gasteiger charge is -2.34. The smallest absolute Gasteiger partial charge is 0.318 e. The second-order valence-electron chi connectivity index (χ2n) is 4.74. The van der Waals surface area contributed by atoms with E-state index in [0.717, 1.165) is 30.9 Å². The van der Waals surface area contributed by atoms with Crippen LogP contribution in [0.15, 0.2) is 24.3 Å². The van der Waals surface area contributed by atoms with Crippen LogP contribution in [-0.4, -0.2) is 43.7 Å². The van der Waals surface area contributed by atoms with Crippen molar-refractivity contribution in [2.24, 2.45) is 0 Å². The molecule has 0 bridgehead atoms. The standard InChI is InChI=1S/C13H17N3O2/c1-18-11-4-2-9(3-5-11)12-8-16(13(17)15-12)10-6-14-7-10/h2-5,10,12,14H,6-8H2,1H3,(H,15,17). The lowest BCUT2D eigenvalue weighted by molar-refractivity contribution is 0.172.